The minimum absolute atomic E-state index is 0.123. The van der Waals surface area contributed by atoms with Gasteiger partial charge in [0.05, 0.1) is 11.9 Å². The quantitative estimate of drug-likeness (QED) is 0.358. The highest BCUT2D eigenvalue weighted by molar-refractivity contribution is 5.91. The first-order valence-corrected chi connectivity index (χ1v) is 12.0. The zero-order valence-electron chi connectivity index (χ0n) is 19.8. The molecule has 1 aliphatic rings. The Morgan fingerprint density at radius 1 is 1.03 bits per heavy atom. The molecule has 1 atom stereocenters. The topological polar surface area (TPSA) is 97.4 Å². The number of hydrogen-bond acceptors (Lipinski definition) is 6. The van der Waals surface area contributed by atoms with E-state index in [-0.39, 0.29) is 12.6 Å². The molecular formula is C27H30N6O2. The van der Waals surface area contributed by atoms with E-state index in [2.05, 4.69) is 74.6 Å². The number of rotatable bonds is 8. The monoisotopic (exact) mass is 470 g/mol. The van der Waals surface area contributed by atoms with E-state index in [1.807, 2.05) is 23.1 Å². The van der Waals surface area contributed by atoms with Crippen molar-refractivity contribution in [3.05, 3.63) is 78.1 Å². The third kappa shape index (κ3) is 5.50. The number of aliphatic carboxylic acids is 1. The Hall–Kier alpha value is -3.75. The van der Waals surface area contributed by atoms with Crippen LogP contribution in [0, 0.1) is 0 Å². The summed E-state index contributed by atoms with van der Waals surface area (Å²) in [7, 11) is 0. The lowest BCUT2D eigenvalue weighted by atomic mass is 10.1. The number of H-pyrrole nitrogens is 1. The fourth-order valence-corrected chi connectivity index (χ4v) is 4.59. The smallest absolute Gasteiger partial charge is 0.317 e. The molecule has 1 fully saturated rings. The van der Waals surface area contributed by atoms with Gasteiger partial charge in [0.15, 0.2) is 0 Å². The lowest BCUT2D eigenvalue weighted by Crippen LogP contribution is -2.47. The summed E-state index contributed by atoms with van der Waals surface area (Å²) in [6.45, 7) is 6.46. The Morgan fingerprint density at radius 3 is 2.46 bits per heavy atom. The highest BCUT2D eigenvalue weighted by Crippen LogP contribution is 2.29. The van der Waals surface area contributed by atoms with Crippen LogP contribution in [0.25, 0.3) is 22.3 Å². The van der Waals surface area contributed by atoms with E-state index in [1.165, 1.54) is 11.1 Å². The molecule has 0 radical (unpaired) electrons. The van der Waals surface area contributed by atoms with E-state index >= 15 is 0 Å². The number of carbonyl (C=O) groups is 1. The maximum Gasteiger partial charge on any atom is 0.317 e. The highest BCUT2D eigenvalue weighted by atomic mass is 16.4. The average Bonchev–Trinajstić information content (AvgIpc) is 3.31. The number of benzene rings is 2. The van der Waals surface area contributed by atoms with Crippen LogP contribution in [0.1, 0.15) is 24.1 Å². The van der Waals surface area contributed by atoms with Gasteiger partial charge in [-0.05, 0) is 29.7 Å². The van der Waals surface area contributed by atoms with Crippen LogP contribution in [0.3, 0.4) is 0 Å². The van der Waals surface area contributed by atoms with Crippen LogP contribution in [0.4, 0.5) is 5.82 Å². The number of hydrogen-bond donors (Lipinski definition) is 3. The lowest BCUT2D eigenvalue weighted by Gasteiger charge is -2.33. The predicted molar refractivity (Wildman–Crippen MR) is 137 cm³/mol. The molecule has 0 spiro atoms. The number of fused-ring (bicyclic) bond motifs is 1. The van der Waals surface area contributed by atoms with Crippen LogP contribution in [-0.2, 0) is 11.3 Å². The first-order chi connectivity index (χ1) is 17.0. The predicted octanol–water partition coefficient (Wildman–Crippen LogP) is 4.00. The van der Waals surface area contributed by atoms with Crippen LogP contribution >= 0.6 is 0 Å². The van der Waals surface area contributed by atoms with Crippen molar-refractivity contribution in [3.63, 3.8) is 0 Å². The molecule has 0 bridgehead atoms. The van der Waals surface area contributed by atoms with Gasteiger partial charge in [0.2, 0.25) is 0 Å². The zero-order chi connectivity index (χ0) is 24.2. The van der Waals surface area contributed by atoms with Crippen molar-refractivity contribution in [1.29, 1.82) is 0 Å². The average molecular weight is 471 g/mol. The van der Waals surface area contributed by atoms with E-state index in [9.17, 15) is 4.79 Å². The van der Waals surface area contributed by atoms with Gasteiger partial charge in [-0.1, -0.05) is 54.6 Å². The summed E-state index contributed by atoms with van der Waals surface area (Å²) in [5, 5.41) is 13.5. The summed E-state index contributed by atoms with van der Waals surface area (Å²) in [6, 6.07) is 21.1. The molecule has 8 nitrogen and oxygen atoms in total. The highest BCUT2D eigenvalue weighted by Gasteiger charge is 2.19. The van der Waals surface area contributed by atoms with Crippen molar-refractivity contribution in [2.75, 3.05) is 38.0 Å². The van der Waals surface area contributed by atoms with Gasteiger partial charge in [-0.2, -0.15) is 0 Å². The molecule has 8 heteroatoms. The van der Waals surface area contributed by atoms with Crippen LogP contribution in [0.2, 0.25) is 0 Å². The number of piperazine rings is 1. The second-order valence-corrected chi connectivity index (χ2v) is 9.09. The number of carboxylic acids is 1. The van der Waals surface area contributed by atoms with Gasteiger partial charge >= 0.3 is 5.97 Å². The Kier molecular flexibility index (Phi) is 6.74. The Bertz CT molecular complexity index is 1280. The molecule has 5 rings (SSSR count). The van der Waals surface area contributed by atoms with Crippen molar-refractivity contribution in [1.82, 2.24) is 24.8 Å². The number of anilines is 1. The molecule has 1 unspecified atom stereocenters. The third-order valence-electron chi connectivity index (χ3n) is 6.57. The fourth-order valence-electron chi connectivity index (χ4n) is 4.59. The van der Waals surface area contributed by atoms with Crippen molar-refractivity contribution in [2.45, 2.75) is 19.5 Å². The molecule has 0 amide bonds. The number of nitrogens with zero attached hydrogens (tertiary/aromatic N) is 4. The zero-order valence-corrected chi connectivity index (χ0v) is 19.8. The SMILES string of the molecule is CC(Nc1ncnc2[nH]c(-c3ccc(CN4CCN(CC(=O)O)CC4)cc3)cc12)c1ccccc1. The van der Waals surface area contributed by atoms with Gasteiger partial charge in [0, 0.05) is 44.5 Å². The van der Waals surface area contributed by atoms with Crippen LogP contribution in [0.5, 0.6) is 0 Å². The summed E-state index contributed by atoms with van der Waals surface area (Å²) >= 11 is 0. The molecule has 0 saturated carbocycles. The van der Waals surface area contributed by atoms with Gasteiger partial charge in [0.1, 0.15) is 17.8 Å². The molecule has 0 aliphatic carbocycles. The van der Waals surface area contributed by atoms with Gasteiger partial charge in [0.25, 0.3) is 0 Å². The standard InChI is InChI=1S/C27H30N6O2/c1-19(21-5-3-2-4-6-21)30-26-23-15-24(31-27(23)29-18-28-26)22-9-7-20(8-10-22)16-32-11-13-33(14-12-32)17-25(34)35/h2-10,15,18-19H,11-14,16-17H2,1H3,(H,34,35)(H2,28,29,30,31). The minimum atomic E-state index is -0.759. The molecule has 2 aromatic carbocycles. The van der Waals surface area contributed by atoms with Crippen LogP contribution in [-0.4, -0.2) is 68.6 Å². The van der Waals surface area contributed by atoms with Crippen molar-refractivity contribution in [3.8, 4) is 11.3 Å². The molecule has 3 heterocycles. The Labute approximate surface area is 204 Å². The molecule has 1 aliphatic heterocycles. The Balaban J connectivity index is 1.26. The largest absolute Gasteiger partial charge is 0.480 e. The maximum absolute atomic E-state index is 10.9. The van der Waals surface area contributed by atoms with Gasteiger partial charge in [-0.15, -0.1) is 0 Å². The molecular weight excluding hydrogens is 440 g/mol. The number of nitrogens with one attached hydrogen (secondary N) is 2. The number of carboxylic acid groups (broad SMARTS) is 1. The lowest BCUT2D eigenvalue weighted by molar-refractivity contribution is -0.138. The third-order valence-corrected chi connectivity index (χ3v) is 6.57. The van der Waals surface area contributed by atoms with E-state index in [0.29, 0.717) is 0 Å². The van der Waals surface area contributed by atoms with Gasteiger partial charge < -0.3 is 15.4 Å². The van der Waals surface area contributed by atoms with E-state index < -0.39 is 5.97 Å². The maximum atomic E-state index is 10.9. The number of aromatic nitrogens is 3. The molecule has 180 valence electrons. The summed E-state index contributed by atoms with van der Waals surface area (Å²) < 4.78 is 0. The first kappa shape index (κ1) is 23.0. The van der Waals surface area contributed by atoms with Crippen molar-refractivity contribution >= 4 is 22.8 Å². The molecule has 2 aromatic heterocycles. The second kappa shape index (κ2) is 10.2. The molecule has 3 N–H and O–H groups in total. The van der Waals surface area contributed by atoms with E-state index in [4.69, 9.17) is 5.11 Å². The summed E-state index contributed by atoms with van der Waals surface area (Å²) in [4.78, 5) is 27.6. The second-order valence-electron chi connectivity index (χ2n) is 9.09. The normalized spacial score (nSPS) is 15.8. The Morgan fingerprint density at radius 2 is 1.74 bits per heavy atom. The first-order valence-electron chi connectivity index (χ1n) is 12.0. The van der Waals surface area contributed by atoms with Gasteiger partial charge in [-0.25, -0.2) is 9.97 Å². The summed E-state index contributed by atoms with van der Waals surface area (Å²) in [5.41, 5.74) is 5.36. The van der Waals surface area contributed by atoms with E-state index in [0.717, 1.165) is 60.8 Å². The van der Waals surface area contributed by atoms with Crippen LogP contribution in [0.15, 0.2) is 67.0 Å². The fraction of sp³-hybridized carbons (Fsp3) is 0.296. The molecule has 1 saturated heterocycles. The van der Waals surface area contributed by atoms with Gasteiger partial charge in [-0.3, -0.25) is 14.6 Å². The van der Waals surface area contributed by atoms with E-state index in [1.54, 1.807) is 6.33 Å². The van der Waals surface area contributed by atoms with Crippen molar-refractivity contribution < 1.29 is 9.90 Å². The van der Waals surface area contributed by atoms with Crippen LogP contribution < -0.4 is 5.32 Å². The number of aromatic amines is 1. The molecule has 4 aromatic rings. The minimum Gasteiger partial charge on any atom is -0.480 e. The summed E-state index contributed by atoms with van der Waals surface area (Å²) in [6.07, 6.45) is 1.59. The summed E-state index contributed by atoms with van der Waals surface area (Å²) in [5.74, 6) is 0.0538. The van der Waals surface area contributed by atoms with Crippen molar-refractivity contribution in [2.24, 2.45) is 0 Å². The molecule has 35 heavy (non-hydrogen) atoms.